The summed E-state index contributed by atoms with van der Waals surface area (Å²) in [4.78, 5) is 29.6. The molecule has 2 aliphatic rings. The molecule has 30 heavy (non-hydrogen) atoms. The van der Waals surface area contributed by atoms with Gasteiger partial charge in [0.15, 0.2) is 0 Å². The number of carbonyl (C=O) groups is 2. The molecule has 166 valence electrons. The summed E-state index contributed by atoms with van der Waals surface area (Å²) >= 11 is 0. The van der Waals surface area contributed by atoms with E-state index in [-0.39, 0.29) is 24.0 Å². The quantitative estimate of drug-likeness (QED) is 0.798. The molecule has 2 atom stereocenters. The highest BCUT2D eigenvalue weighted by atomic mass is 16.6. The minimum Gasteiger partial charge on any atom is -0.444 e. The number of nitrogens with one attached hydrogen (secondary N) is 1. The van der Waals surface area contributed by atoms with Crippen molar-refractivity contribution in [1.82, 2.24) is 15.1 Å². The van der Waals surface area contributed by atoms with Gasteiger partial charge >= 0.3 is 6.09 Å². The van der Waals surface area contributed by atoms with E-state index in [2.05, 4.69) is 22.3 Å². The molecule has 1 aromatic carbocycles. The molecule has 0 aromatic heterocycles. The van der Waals surface area contributed by atoms with Crippen molar-refractivity contribution in [2.75, 3.05) is 45.9 Å². The Kier molecular flexibility index (Phi) is 7.72. The van der Waals surface area contributed by atoms with E-state index in [1.54, 1.807) is 4.90 Å². The van der Waals surface area contributed by atoms with Gasteiger partial charge in [0, 0.05) is 32.7 Å². The number of piperidine rings is 1. The first-order valence-electron chi connectivity index (χ1n) is 11.0. The highest BCUT2D eigenvalue weighted by Crippen LogP contribution is 2.22. The molecule has 2 heterocycles. The standard InChI is InChI=1S/C23H35N3O4/c1-23(2,3)30-22(28)26-11-7-10-19(16-26)21(27)24-20(18-8-5-4-6-9-18)17-25-12-14-29-15-13-25/h4-6,8-9,19-20H,7,10-17H2,1-3H3,(H,24,27)/t19-,20-/m0/s1. The van der Waals surface area contributed by atoms with Crippen LogP contribution in [0.5, 0.6) is 0 Å². The van der Waals surface area contributed by atoms with Crippen molar-refractivity contribution < 1.29 is 19.1 Å². The van der Waals surface area contributed by atoms with E-state index in [4.69, 9.17) is 9.47 Å². The van der Waals surface area contributed by atoms with Crippen LogP contribution in [0.25, 0.3) is 0 Å². The summed E-state index contributed by atoms with van der Waals surface area (Å²) in [6.07, 6.45) is 1.24. The lowest BCUT2D eigenvalue weighted by atomic mass is 9.96. The monoisotopic (exact) mass is 417 g/mol. The predicted molar refractivity (Wildman–Crippen MR) is 115 cm³/mol. The van der Waals surface area contributed by atoms with E-state index >= 15 is 0 Å². The Morgan fingerprint density at radius 3 is 2.53 bits per heavy atom. The van der Waals surface area contributed by atoms with Gasteiger partial charge in [-0.25, -0.2) is 4.79 Å². The second-order valence-electron chi connectivity index (χ2n) is 9.15. The van der Waals surface area contributed by atoms with Crippen LogP contribution in [0.4, 0.5) is 4.79 Å². The molecule has 1 aromatic rings. The van der Waals surface area contributed by atoms with E-state index in [0.29, 0.717) is 13.1 Å². The van der Waals surface area contributed by atoms with Gasteiger partial charge in [-0.1, -0.05) is 30.3 Å². The summed E-state index contributed by atoms with van der Waals surface area (Å²) in [6, 6.07) is 10.0. The number of morpholine rings is 1. The predicted octanol–water partition coefficient (Wildman–Crippen LogP) is 2.82. The lowest BCUT2D eigenvalue weighted by Crippen LogP contribution is -2.49. The molecule has 2 fully saturated rings. The Hall–Kier alpha value is -2.12. The van der Waals surface area contributed by atoms with Crippen LogP contribution in [0.15, 0.2) is 30.3 Å². The van der Waals surface area contributed by atoms with Crippen molar-refractivity contribution in [1.29, 1.82) is 0 Å². The number of amides is 2. The number of likely N-dealkylation sites (tertiary alicyclic amines) is 1. The molecule has 0 saturated carbocycles. The molecule has 0 bridgehead atoms. The second-order valence-corrected chi connectivity index (χ2v) is 9.15. The molecule has 0 spiro atoms. The summed E-state index contributed by atoms with van der Waals surface area (Å²) in [5.41, 5.74) is 0.556. The normalized spacial score (nSPS) is 21.7. The molecule has 7 nitrogen and oxygen atoms in total. The van der Waals surface area contributed by atoms with Crippen molar-refractivity contribution in [2.45, 2.75) is 45.3 Å². The summed E-state index contributed by atoms with van der Waals surface area (Å²) < 4.78 is 10.9. The average molecular weight is 418 g/mol. The maximum Gasteiger partial charge on any atom is 0.410 e. The van der Waals surface area contributed by atoms with Crippen molar-refractivity contribution in [3.05, 3.63) is 35.9 Å². The zero-order valence-electron chi connectivity index (χ0n) is 18.4. The summed E-state index contributed by atoms with van der Waals surface area (Å²) in [6.45, 7) is 10.5. The van der Waals surface area contributed by atoms with E-state index < -0.39 is 5.60 Å². The van der Waals surface area contributed by atoms with Gasteiger partial charge in [-0.15, -0.1) is 0 Å². The van der Waals surface area contributed by atoms with Gasteiger partial charge in [-0.3, -0.25) is 9.69 Å². The van der Waals surface area contributed by atoms with Crippen molar-refractivity contribution in [2.24, 2.45) is 5.92 Å². The van der Waals surface area contributed by atoms with E-state index in [1.807, 2.05) is 39.0 Å². The largest absolute Gasteiger partial charge is 0.444 e. The molecular formula is C23H35N3O4. The Morgan fingerprint density at radius 1 is 1.17 bits per heavy atom. The Bertz CT molecular complexity index is 698. The number of carbonyl (C=O) groups excluding carboxylic acids is 2. The third-order valence-electron chi connectivity index (χ3n) is 5.51. The van der Waals surface area contributed by atoms with Gasteiger partial charge < -0.3 is 19.7 Å². The SMILES string of the molecule is CC(C)(C)OC(=O)N1CCC[C@H](C(=O)N[C@@H](CN2CCOCC2)c2ccccc2)C1. The molecule has 3 rings (SSSR count). The minimum atomic E-state index is -0.539. The molecule has 0 radical (unpaired) electrons. The van der Waals surface area contributed by atoms with Crippen LogP contribution in [0.3, 0.4) is 0 Å². The van der Waals surface area contributed by atoms with Crippen LogP contribution >= 0.6 is 0 Å². The van der Waals surface area contributed by atoms with Gasteiger partial charge in [0.1, 0.15) is 5.60 Å². The van der Waals surface area contributed by atoms with Gasteiger partial charge in [0.25, 0.3) is 0 Å². The van der Waals surface area contributed by atoms with E-state index in [9.17, 15) is 9.59 Å². The first-order chi connectivity index (χ1) is 14.3. The number of ether oxygens (including phenoxy) is 2. The smallest absolute Gasteiger partial charge is 0.410 e. The third kappa shape index (κ3) is 6.71. The number of hydrogen-bond donors (Lipinski definition) is 1. The van der Waals surface area contributed by atoms with Crippen LogP contribution in [-0.2, 0) is 14.3 Å². The zero-order chi connectivity index (χ0) is 21.6. The van der Waals surface area contributed by atoms with Crippen molar-refractivity contribution >= 4 is 12.0 Å². The zero-order valence-corrected chi connectivity index (χ0v) is 18.4. The second kappa shape index (κ2) is 10.3. The number of benzene rings is 1. The summed E-state index contributed by atoms with van der Waals surface area (Å²) in [7, 11) is 0. The average Bonchev–Trinajstić information content (AvgIpc) is 2.73. The number of rotatable bonds is 5. The molecular weight excluding hydrogens is 382 g/mol. The maximum atomic E-state index is 13.1. The van der Waals surface area contributed by atoms with Gasteiger partial charge in [-0.2, -0.15) is 0 Å². The Balaban J connectivity index is 1.63. The van der Waals surface area contributed by atoms with E-state index in [1.165, 1.54) is 0 Å². The van der Waals surface area contributed by atoms with Crippen LogP contribution < -0.4 is 5.32 Å². The van der Waals surface area contributed by atoms with Crippen LogP contribution in [-0.4, -0.2) is 73.3 Å². The fourth-order valence-corrected chi connectivity index (χ4v) is 3.93. The topological polar surface area (TPSA) is 71.1 Å². The van der Waals surface area contributed by atoms with Crippen molar-refractivity contribution in [3.63, 3.8) is 0 Å². The summed E-state index contributed by atoms with van der Waals surface area (Å²) in [5, 5.41) is 3.26. The highest BCUT2D eigenvalue weighted by molar-refractivity contribution is 5.80. The molecule has 2 saturated heterocycles. The van der Waals surface area contributed by atoms with Gasteiger partial charge in [0.05, 0.1) is 25.2 Å². The lowest BCUT2D eigenvalue weighted by Gasteiger charge is -2.35. The van der Waals surface area contributed by atoms with Crippen LogP contribution in [0, 0.1) is 5.92 Å². The molecule has 0 aliphatic carbocycles. The fraction of sp³-hybridized carbons (Fsp3) is 0.652. The number of hydrogen-bond acceptors (Lipinski definition) is 5. The first kappa shape index (κ1) is 22.6. The fourth-order valence-electron chi connectivity index (χ4n) is 3.93. The molecule has 2 aliphatic heterocycles. The Labute approximate surface area is 179 Å². The first-order valence-corrected chi connectivity index (χ1v) is 11.0. The number of nitrogens with zero attached hydrogens (tertiary/aromatic N) is 2. The summed E-state index contributed by atoms with van der Waals surface area (Å²) in [5.74, 6) is -0.215. The minimum absolute atomic E-state index is 0.00497. The Morgan fingerprint density at radius 2 is 1.87 bits per heavy atom. The van der Waals surface area contributed by atoms with E-state index in [0.717, 1.165) is 51.3 Å². The third-order valence-corrected chi connectivity index (χ3v) is 5.51. The molecule has 2 amide bonds. The van der Waals surface area contributed by atoms with Crippen LogP contribution in [0.1, 0.15) is 45.2 Å². The molecule has 7 heteroatoms. The molecule has 1 N–H and O–H groups in total. The van der Waals surface area contributed by atoms with Crippen molar-refractivity contribution in [3.8, 4) is 0 Å². The lowest BCUT2D eigenvalue weighted by molar-refractivity contribution is -0.127. The van der Waals surface area contributed by atoms with Gasteiger partial charge in [-0.05, 0) is 39.2 Å². The van der Waals surface area contributed by atoms with Crippen LogP contribution in [0.2, 0.25) is 0 Å². The van der Waals surface area contributed by atoms with Gasteiger partial charge in [0.2, 0.25) is 5.91 Å². The maximum absolute atomic E-state index is 13.1. The molecule has 0 unspecified atom stereocenters. The highest BCUT2D eigenvalue weighted by Gasteiger charge is 2.32.